The molecule has 0 radical (unpaired) electrons. The fraction of sp³-hybridized carbons (Fsp3) is 0.576. The maximum absolute atomic E-state index is 13.8. The van der Waals surface area contributed by atoms with Crippen LogP contribution in [-0.2, 0) is 36.7 Å². The van der Waals surface area contributed by atoms with Crippen LogP contribution in [0.25, 0.3) is 0 Å². The smallest absolute Gasteiger partial charge is 0.339 e. The first-order valence-corrected chi connectivity index (χ1v) is 17.5. The summed E-state index contributed by atoms with van der Waals surface area (Å²) in [6.07, 6.45) is 2.96. The van der Waals surface area contributed by atoms with Gasteiger partial charge in [-0.2, -0.15) is 0 Å². The standard InChI is InChI=1S/C33H48O6Si/c1-24(2)33(36,31(35)38-23-26-16-12-9-13-17-26)29(30(34)37-22-25-14-10-8-11-15-25)27-18-20-28(21-19-27)39-40(6,7)32(3,4)5/h8-17,24,27-29,36H,18-23H2,1-7H3/t27-,28-,29?,33?. The van der Waals surface area contributed by atoms with Gasteiger partial charge in [-0.05, 0) is 66.8 Å². The monoisotopic (exact) mass is 568 g/mol. The van der Waals surface area contributed by atoms with Crippen LogP contribution < -0.4 is 0 Å². The Hall–Kier alpha value is -2.48. The quantitative estimate of drug-likeness (QED) is 0.231. The molecule has 2 aromatic rings. The third-order valence-electron chi connectivity index (χ3n) is 8.83. The van der Waals surface area contributed by atoms with Crippen molar-refractivity contribution < 1.29 is 28.6 Å². The molecule has 0 amide bonds. The molecule has 0 heterocycles. The minimum absolute atomic E-state index is 0.0214. The van der Waals surface area contributed by atoms with Crippen molar-refractivity contribution in [3.05, 3.63) is 71.8 Å². The van der Waals surface area contributed by atoms with E-state index in [1.165, 1.54) is 0 Å². The molecule has 7 heteroatoms. The van der Waals surface area contributed by atoms with Gasteiger partial charge in [0, 0.05) is 6.10 Å². The molecule has 2 aromatic carbocycles. The predicted octanol–water partition coefficient (Wildman–Crippen LogP) is 7.06. The third kappa shape index (κ3) is 7.83. The summed E-state index contributed by atoms with van der Waals surface area (Å²) in [5.74, 6) is -3.20. The fourth-order valence-corrected chi connectivity index (χ4v) is 6.67. The van der Waals surface area contributed by atoms with Gasteiger partial charge < -0.3 is 19.0 Å². The van der Waals surface area contributed by atoms with Gasteiger partial charge in [0.2, 0.25) is 0 Å². The van der Waals surface area contributed by atoms with E-state index in [-0.39, 0.29) is 30.3 Å². The summed E-state index contributed by atoms with van der Waals surface area (Å²) in [5, 5.41) is 12.2. The maximum Gasteiger partial charge on any atom is 0.339 e. The van der Waals surface area contributed by atoms with E-state index in [1.807, 2.05) is 60.7 Å². The molecule has 1 fully saturated rings. The van der Waals surface area contributed by atoms with E-state index in [9.17, 15) is 14.7 Å². The van der Waals surface area contributed by atoms with Gasteiger partial charge in [-0.1, -0.05) is 95.3 Å². The lowest BCUT2D eigenvalue weighted by molar-refractivity contribution is -0.195. The lowest BCUT2D eigenvalue weighted by Gasteiger charge is -2.44. The highest BCUT2D eigenvalue weighted by Crippen LogP contribution is 2.44. The summed E-state index contributed by atoms with van der Waals surface area (Å²) in [5.41, 5.74) is -0.366. The van der Waals surface area contributed by atoms with Crippen LogP contribution in [0.3, 0.4) is 0 Å². The molecule has 0 spiro atoms. The van der Waals surface area contributed by atoms with Crippen molar-refractivity contribution in [3.63, 3.8) is 0 Å². The van der Waals surface area contributed by atoms with Crippen molar-refractivity contribution in [1.29, 1.82) is 0 Å². The third-order valence-corrected chi connectivity index (χ3v) is 13.4. The topological polar surface area (TPSA) is 82.1 Å². The van der Waals surface area contributed by atoms with Crippen molar-refractivity contribution in [2.24, 2.45) is 17.8 Å². The number of carbonyl (C=O) groups is 2. The average Bonchev–Trinajstić information content (AvgIpc) is 2.91. The second-order valence-electron chi connectivity index (χ2n) is 13.0. The fourth-order valence-electron chi connectivity index (χ4n) is 5.24. The van der Waals surface area contributed by atoms with E-state index < -0.39 is 37.7 Å². The molecule has 6 nitrogen and oxygen atoms in total. The lowest BCUT2D eigenvalue weighted by Crippen LogP contribution is -2.57. The number of aliphatic hydroxyl groups is 1. The Morgan fingerprint density at radius 2 is 1.32 bits per heavy atom. The van der Waals surface area contributed by atoms with E-state index in [0.29, 0.717) is 12.8 Å². The van der Waals surface area contributed by atoms with Crippen LogP contribution >= 0.6 is 0 Å². The molecule has 2 unspecified atom stereocenters. The van der Waals surface area contributed by atoms with Crippen LogP contribution in [-0.4, -0.2) is 37.1 Å². The highest BCUT2D eigenvalue weighted by molar-refractivity contribution is 6.74. The van der Waals surface area contributed by atoms with Crippen LogP contribution in [0.15, 0.2) is 60.7 Å². The molecular weight excluding hydrogens is 520 g/mol. The molecule has 220 valence electrons. The number of benzene rings is 2. The molecule has 0 aliphatic heterocycles. The zero-order valence-electron chi connectivity index (χ0n) is 25.3. The van der Waals surface area contributed by atoms with Crippen LogP contribution in [0.1, 0.15) is 71.4 Å². The number of carbonyl (C=O) groups excluding carboxylic acids is 2. The number of hydrogen-bond acceptors (Lipinski definition) is 6. The first kappa shape index (κ1) is 32.0. The number of ether oxygens (including phenoxy) is 2. The van der Waals surface area contributed by atoms with E-state index in [1.54, 1.807) is 13.8 Å². The maximum atomic E-state index is 13.8. The number of esters is 2. The molecule has 3 rings (SSSR count). The Balaban J connectivity index is 1.82. The lowest BCUT2D eigenvalue weighted by atomic mass is 9.67. The highest BCUT2D eigenvalue weighted by Gasteiger charge is 2.56. The van der Waals surface area contributed by atoms with E-state index >= 15 is 0 Å². The predicted molar refractivity (Wildman–Crippen MR) is 160 cm³/mol. The first-order valence-electron chi connectivity index (χ1n) is 14.6. The molecular formula is C33H48O6Si. The van der Waals surface area contributed by atoms with Gasteiger partial charge in [-0.15, -0.1) is 0 Å². The van der Waals surface area contributed by atoms with E-state index in [4.69, 9.17) is 13.9 Å². The Morgan fingerprint density at radius 3 is 1.77 bits per heavy atom. The molecule has 1 aliphatic rings. The van der Waals surface area contributed by atoms with Crippen LogP contribution in [0.2, 0.25) is 18.1 Å². The zero-order valence-corrected chi connectivity index (χ0v) is 26.3. The molecule has 2 atom stereocenters. The van der Waals surface area contributed by atoms with Gasteiger partial charge in [-0.3, -0.25) is 4.79 Å². The average molecular weight is 569 g/mol. The second kappa shape index (κ2) is 13.5. The Labute approximate surface area is 241 Å². The van der Waals surface area contributed by atoms with Crippen molar-refractivity contribution in [2.45, 2.75) is 103 Å². The summed E-state index contributed by atoms with van der Waals surface area (Å²) in [6.45, 7) is 14.8. The van der Waals surface area contributed by atoms with Gasteiger partial charge in [0.15, 0.2) is 13.9 Å². The minimum Gasteiger partial charge on any atom is -0.460 e. The van der Waals surface area contributed by atoms with Crippen LogP contribution in [0.4, 0.5) is 0 Å². The highest BCUT2D eigenvalue weighted by atomic mass is 28.4. The summed E-state index contributed by atoms with van der Waals surface area (Å²) in [4.78, 5) is 27.4. The summed E-state index contributed by atoms with van der Waals surface area (Å²) in [7, 11) is -1.94. The molecule has 1 N–H and O–H groups in total. The molecule has 1 aliphatic carbocycles. The molecule has 1 saturated carbocycles. The van der Waals surface area contributed by atoms with Crippen molar-refractivity contribution >= 4 is 20.3 Å². The zero-order chi connectivity index (χ0) is 29.6. The summed E-state index contributed by atoms with van der Waals surface area (Å²) in [6, 6.07) is 18.8. The normalized spacial score (nSPS) is 20.4. The number of rotatable bonds is 11. The molecule has 0 saturated heterocycles. The SMILES string of the molecule is CC(C)C(O)(C(=O)OCc1ccccc1)C(C(=O)OCc1ccccc1)[C@H]1CC[C@H](O[Si](C)(C)C(C)(C)C)CC1. The van der Waals surface area contributed by atoms with Gasteiger partial charge in [0.1, 0.15) is 13.2 Å². The minimum atomic E-state index is -2.03. The second-order valence-corrected chi connectivity index (χ2v) is 17.8. The first-order chi connectivity index (χ1) is 18.8. The Morgan fingerprint density at radius 1 is 0.850 bits per heavy atom. The van der Waals surface area contributed by atoms with Gasteiger partial charge in [0.25, 0.3) is 0 Å². The van der Waals surface area contributed by atoms with Crippen molar-refractivity contribution in [2.75, 3.05) is 0 Å². The van der Waals surface area contributed by atoms with Crippen molar-refractivity contribution in [1.82, 2.24) is 0 Å². The summed E-state index contributed by atoms with van der Waals surface area (Å²) >= 11 is 0. The molecule has 0 aromatic heterocycles. The summed E-state index contributed by atoms with van der Waals surface area (Å²) < 4.78 is 18.1. The Kier molecular flexibility index (Phi) is 10.8. The number of hydrogen-bond donors (Lipinski definition) is 1. The van der Waals surface area contributed by atoms with Gasteiger partial charge in [-0.25, -0.2) is 4.79 Å². The van der Waals surface area contributed by atoms with Gasteiger partial charge in [0.05, 0.1) is 5.92 Å². The van der Waals surface area contributed by atoms with Crippen LogP contribution in [0, 0.1) is 17.8 Å². The van der Waals surface area contributed by atoms with Crippen LogP contribution in [0.5, 0.6) is 0 Å². The van der Waals surface area contributed by atoms with Crippen molar-refractivity contribution in [3.8, 4) is 0 Å². The Bertz CT molecular complexity index is 1090. The molecule has 40 heavy (non-hydrogen) atoms. The largest absolute Gasteiger partial charge is 0.460 e. The van der Waals surface area contributed by atoms with E-state index in [0.717, 1.165) is 24.0 Å². The van der Waals surface area contributed by atoms with E-state index in [2.05, 4.69) is 33.9 Å². The van der Waals surface area contributed by atoms with Gasteiger partial charge >= 0.3 is 11.9 Å². The molecule has 0 bridgehead atoms.